The maximum absolute atomic E-state index is 12.3. The van der Waals surface area contributed by atoms with Gasteiger partial charge in [0.15, 0.2) is 0 Å². The number of anilines is 1. The van der Waals surface area contributed by atoms with Crippen LogP contribution in [0.25, 0.3) is 0 Å². The molecule has 0 spiro atoms. The van der Waals surface area contributed by atoms with E-state index in [0.717, 1.165) is 55.5 Å². The average molecular weight is 290 g/mol. The molecule has 4 heteroatoms. The standard InChI is InChI=1S/C17H26N2O2/c1-3-10-18-14-6-9-16(12(2)11-14)17(21)19-13-4-7-15(20)8-5-13/h6,9,11,13,15,18,20H,3-5,7-8,10H2,1-2H3,(H,19,21). The highest BCUT2D eigenvalue weighted by molar-refractivity contribution is 5.96. The van der Waals surface area contributed by atoms with E-state index < -0.39 is 0 Å². The Morgan fingerprint density at radius 1 is 1.29 bits per heavy atom. The van der Waals surface area contributed by atoms with E-state index in [0.29, 0.717) is 0 Å². The molecule has 0 aromatic heterocycles. The highest BCUT2D eigenvalue weighted by Crippen LogP contribution is 2.20. The molecule has 1 aliphatic carbocycles. The van der Waals surface area contributed by atoms with E-state index in [1.807, 2.05) is 25.1 Å². The van der Waals surface area contributed by atoms with Gasteiger partial charge in [-0.1, -0.05) is 6.92 Å². The lowest BCUT2D eigenvalue weighted by atomic mass is 9.93. The van der Waals surface area contributed by atoms with E-state index in [9.17, 15) is 9.90 Å². The van der Waals surface area contributed by atoms with Crippen LogP contribution in [0, 0.1) is 6.92 Å². The van der Waals surface area contributed by atoms with Crippen molar-refractivity contribution < 1.29 is 9.90 Å². The summed E-state index contributed by atoms with van der Waals surface area (Å²) in [5.74, 6) is -0.00377. The van der Waals surface area contributed by atoms with Crippen molar-refractivity contribution in [2.45, 2.75) is 58.1 Å². The lowest BCUT2D eigenvalue weighted by molar-refractivity contribution is 0.0867. The lowest BCUT2D eigenvalue weighted by Gasteiger charge is -2.26. The van der Waals surface area contributed by atoms with Crippen LogP contribution in [0.3, 0.4) is 0 Å². The van der Waals surface area contributed by atoms with Crippen molar-refractivity contribution in [1.82, 2.24) is 5.32 Å². The fourth-order valence-electron chi connectivity index (χ4n) is 2.78. The first-order valence-corrected chi connectivity index (χ1v) is 7.93. The van der Waals surface area contributed by atoms with Gasteiger partial charge in [-0.05, 0) is 62.8 Å². The smallest absolute Gasteiger partial charge is 0.251 e. The van der Waals surface area contributed by atoms with Gasteiger partial charge in [0, 0.05) is 23.8 Å². The molecule has 0 bridgehead atoms. The molecule has 1 aromatic rings. The summed E-state index contributed by atoms with van der Waals surface area (Å²) in [6.07, 6.45) is 4.18. The number of aliphatic hydroxyl groups is 1. The maximum Gasteiger partial charge on any atom is 0.251 e. The Morgan fingerprint density at radius 3 is 2.62 bits per heavy atom. The Kier molecular flexibility index (Phi) is 5.62. The van der Waals surface area contributed by atoms with Crippen LogP contribution in [0.2, 0.25) is 0 Å². The van der Waals surface area contributed by atoms with Crippen molar-refractivity contribution in [3.63, 3.8) is 0 Å². The molecule has 0 heterocycles. The molecular formula is C17H26N2O2. The number of hydrogen-bond donors (Lipinski definition) is 3. The molecule has 1 aliphatic rings. The average Bonchev–Trinajstić information content (AvgIpc) is 2.47. The summed E-state index contributed by atoms with van der Waals surface area (Å²) in [6, 6.07) is 6.07. The Bertz CT molecular complexity index is 480. The van der Waals surface area contributed by atoms with Crippen LogP contribution in [0.4, 0.5) is 5.69 Å². The molecule has 0 unspecified atom stereocenters. The first-order chi connectivity index (χ1) is 10.1. The third-order valence-electron chi connectivity index (χ3n) is 4.08. The van der Waals surface area contributed by atoms with Crippen LogP contribution in [-0.2, 0) is 0 Å². The van der Waals surface area contributed by atoms with Crippen LogP contribution < -0.4 is 10.6 Å². The number of carbonyl (C=O) groups excluding carboxylic acids is 1. The molecule has 3 N–H and O–H groups in total. The predicted molar refractivity (Wildman–Crippen MR) is 85.7 cm³/mol. The van der Waals surface area contributed by atoms with Gasteiger partial charge in [-0.25, -0.2) is 0 Å². The van der Waals surface area contributed by atoms with Crippen LogP contribution in [0.5, 0.6) is 0 Å². The number of carbonyl (C=O) groups is 1. The van der Waals surface area contributed by atoms with Crippen molar-refractivity contribution in [3.8, 4) is 0 Å². The predicted octanol–water partition coefficient (Wildman–Crippen LogP) is 2.85. The minimum Gasteiger partial charge on any atom is -0.393 e. The molecule has 1 amide bonds. The number of aliphatic hydroxyl groups excluding tert-OH is 1. The third-order valence-corrected chi connectivity index (χ3v) is 4.08. The quantitative estimate of drug-likeness (QED) is 0.781. The lowest BCUT2D eigenvalue weighted by Crippen LogP contribution is -2.38. The van der Waals surface area contributed by atoms with Crippen molar-refractivity contribution >= 4 is 11.6 Å². The molecule has 1 fully saturated rings. The SMILES string of the molecule is CCCNc1ccc(C(=O)NC2CCC(O)CC2)c(C)c1. The fraction of sp³-hybridized carbons (Fsp3) is 0.588. The molecule has 1 aromatic carbocycles. The van der Waals surface area contributed by atoms with Crippen molar-refractivity contribution in [1.29, 1.82) is 0 Å². The normalized spacial score (nSPS) is 21.9. The van der Waals surface area contributed by atoms with Crippen LogP contribution in [-0.4, -0.2) is 29.7 Å². The van der Waals surface area contributed by atoms with Gasteiger partial charge in [0.1, 0.15) is 0 Å². The molecule has 21 heavy (non-hydrogen) atoms. The van der Waals surface area contributed by atoms with Crippen molar-refractivity contribution in [2.24, 2.45) is 0 Å². The highest BCUT2D eigenvalue weighted by Gasteiger charge is 2.21. The molecule has 1 saturated carbocycles. The van der Waals surface area contributed by atoms with E-state index in [-0.39, 0.29) is 18.1 Å². The number of nitrogens with one attached hydrogen (secondary N) is 2. The first kappa shape index (κ1) is 15.8. The van der Waals surface area contributed by atoms with E-state index in [1.54, 1.807) is 0 Å². The Labute approximate surface area is 126 Å². The van der Waals surface area contributed by atoms with Crippen molar-refractivity contribution in [2.75, 3.05) is 11.9 Å². The zero-order chi connectivity index (χ0) is 15.2. The van der Waals surface area contributed by atoms with E-state index in [2.05, 4.69) is 17.6 Å². The zero-order valence-corrected chi connectivity index (χ0v) is 13.0. The monoisotopic (exact) mass is 290 g/mol. The maximum atomic E-state index is 12.3. The molecular weight excluding hydrogens is 264 g/mol. The largest absolute Gasteiger partial charge is 0.393 e. The van der Waals surface area contributed by atoms with Crippen LogP contribution in [0.1, 0.15) is 54.9 Å². The van der Waals surface area contributed by atoms with Crippen LogP contribution in [0.15, 0.2) is 18.2 Å². The molecule has 0 saturated heterocycles. The van der Waals surface area contributed by atoms with Gasteiger partial charge in [0.2, 0.25) is 0 Å². The number of aryl methyl sites for hydroxylation is 1. The summed E-state index contributed by atoms with van der Waals surface area (Å²) in [4.78, 5) is 12.3. The number of rotatable bonds is 5. The van der Waals surface area contributed by atoms with Gasteiger partial charge in [0.25, 0.3) is 5.91 Å². The zero-order valence-electron chi connectivity index (χ0n) is 13.0. The Balaban J connectivity index is 1.95. The van der Waals surface area contributed by atoms with Gasteiger partial charge in [-0.2, -0.15) is 0 Å². The first-order valence-electron chi connectivity index (χ1n) is 7.93. The molecule has 116 valence electrons. The van der Waals surface area contributed by atoms with Crippen molar-refractivity contribution in [3.05, 3.63) is 29.3 Å². The minimum absolute atomic E-state index is 0.00377. The second kappa shape index (κ2) is 7.46. The summed E-state index contributed by atoms with van der Waals surface area (Å²) < 4.78 is 0. The summed E-state index contributed by atoms with van der Waals surface area (Å²) >= 11 is 0. The van der Waals surface area contributed by atoms with E-state index in [1.165, 1.54) is 0 Å². The summed E-state index contributed by atoms with van der Waals surface area (Å²) in [5, 5.41) is 15.9. The summed E-state index contributed by atoms with van der Waals surface area (Å²) in [6.45, 7) is 5.04. The third kappa shape index (κ3) is 4.46. The van der Waals surface area contributed by atoms with Gasteiger partial charge >= 0.3 is 0 Å². The Hall–Kier alpha value is -1.55. The fourth-order valence-corrected chi connectivity index (χ4v) is 2.78. The van der Waals surface area contributed by atoms with Crippen LogP contribution >= 0.6 is 0 Å². The number of benzene rings is 1. The summed E-state index contributed by atoms with van der Waals surface area (Å²) in [5.41, 5.74) is 2.79. The molecule has 2 rings (SSSR count). The second-order valence-electron chi connectivity index (χ2n) is 5.94. The number of hydrogen-bond acceptors (Lipinski definition) is 3. The van der Waals surface area contributed by atoms with Gasteiger partial charge in [0.05, 0.1) is 6.10 Å². The van der Waals surface area contributed by atoms with Gasteiger partial charge in [-0.15, -0.1) is 0 Å². The van der Waals surface area contributed by atoms with Gasteiger partial charge < -0.3 is 15.7 Å². The number of amides is 1. The minimum atomic E-state index is -0.191. The Morgan fingerprint density at radius 2 is 2.00 bits per heavy atom. The van der Waals surface area contributed by atoms with E-state index >= 15 is 0 Å². The second-order valence-corrected chi connectivity index (χ2v) is 5.94. The molecule has 4 nitrogen and oxygen atoms in total. The highest BCUT2D eigenvalue weighted by atomic mass is 16.3. The molecule has 0 radical (unpaired) electrons. The summed E-state index contributed by atoms with van der Waals surface area (Å²) in [7, 11) is 0. The van der Waals surface area contributed by atoms with E-state index in [4.69, 9.17) is 0 Å². The molecule has 0 atom stereocenters. The van der Waals surface area contributed by atoms with Gasteiger partial charge in [-0.3, -0.25) is 4.79 Å². The molecule has 0 aliphatic heterocycles. The topological polar surface area (TPSA) is 61.4 Å².